The molecule has 0 radical (unpaired) electrons. The highest BCUT2D eigenvalue weighted by atomic mass is 16.1. The Labute approximate surface area is 108 Å². The molecule has 1 amide bonds. The van der Waals surface area contributed by atoms with Crippen molar-refractivity contribution in [2.24, 2.45) is 17.6 Å². The van der Waals surface area contributed by atoms with Gasteiger partial charge in [-0.25, -0.2) is 4.98 Å². The summed E-state index contributed by atoms with van der Waals surface area (Å²) in [5.41, 5.74) is 5.83. The Bertz CT molecular complexity index is 423. The number of pyridine rings is 1. The minimum absolute atomic E-state index is 0.386. The summed E-state index contributed by atoms with van der Waals surface area (Å²) in [4.78, 5) is 15.6. The van der Waals surface area contributed by atoms with Crippen LogP contribution in [0.4, 0.5) is 5.82 Å². The van der Waals surface area contributed by atoms with Crippen molar-refractivity contribution in [1.82, 2.24) is 4.98 Å². The van der Waals surface area contributed by atoms with Crippen LogP contribution < -0.4 is 11.1 Å². The largest absolute Gasteiger partial charge is 0.367 e. The zero-order valence-electron chi connectivity index (χ0n) is 11.0. The van der Waals surface area contributed by atoms with Crippen LogP contribution in [-0.4, -0.2) is 16.9 Å². The summed E-state index contributed by atoms with van der Waals surface area (Å²) in [7, 11) is 0. The van der Waals surface area contributed by atoms with Crippen LogP contribution in [0.1, 0.15) is 43.5 Å². The molecule has 1 saturated carbocycles. The number of aromatic nitrogens is 1. The maximum Gasteiger partial charge on any atom is 0.252 e. The normalized spacial score (nSPS) is 27.8. The fourth-order valence-corrected chi connectivity index (χ4v) is 2.98. The maximum atomic E-state index is 11.3. The summed E-state index contributed by atoms with van der Waals surface area (Å²) >= 11 is 0. The molecule has 2 unspecified atom stereocenters. The Morgan fingerprint density at radius 1 is 1.33 bits per heavy atom. The lowest BCUT2D eigenvalue weighted by molar-refractivity contribution is 0.100. The topological polar surface area (TPSA) is 68.0 Å². The van der Waals surface area contributed by atoms with E-state index in [0.29, 0.717) is 29.3 Å². The van der Waals surface area contributed by atoms with Crippen LogP contribution in [0.25, 0.3) is 0 Å². The fraction of sp³-hybridized carbons (Fsp3) is 0.571. The average Bonchev–Trinajstić information content (AvgIpc) is 2.27. The van der Waals surface area contributed by atoms with Gasteiger partial charge in [0.2, 0.25) is 0 Å². The lowest BCUT2D eigenvalue weighted by Gasteiger charge is -2.32. The molecule has 0 spiro atoms. The molecule has 0 saturated heterocycles. The third-order valence-corrected chi connectivity index (χ3v) is 3.59. The van der Waals surface area contributed by atoms with Crippen LogP contribution in [0.5, 0.6) is 0 Å². The fourth-order valence-electron chi connectivity index (χ4n) is 2.98. The van der Waals surface area contributed by atoms with Crippen LogP contribution in [-0.2, 0) is 0 Å². The molecule has 18 heavy (non-hydrogen) atoms. The average molecular weight is 247 g/mol. The van der Waals surface area contributed by atoms with Gasteiger partial charge in [-0.05, 0) is 43.2 Å². The number of hydrogen-bond acceptors (Lipinski definition) is 3. The number of amides is 1. The quantitative estimate of drug-likeness (QED) is 0.862. The van der Waals surface area contributed by atoms with Gasteiger partial charge in [0.15, 0.2) is 0 Å². The van der Waals surface area contributed by atoms with Crippen molar-refractivity contribution in [3.63, 3.8) is 0 Å². The predicted molar refractivity (Wildman–Crippen MR) is 72.3 cm³/mol. The van der Waals surface area contributed by atoms with Gasteiger partial charge in [-0.3, -0.25) is 4.79 Å². The van der Waals surface area contributed by atoms with E-state index in [2.05, 4.69) is 24.1 Å². The molecule has 1 fully saturated rings. The number of nitrogens with one attached hydrogen (secondary N) is 1. The highest BCUT2D eigenvalue weighted by Gasteiger charge is 2.24. The van der Waals surface area contributed by atoms with Gasteiger partial charge in [-0.1, -0.05) is 13.8 Å². The van der Waals surface area contributed by atoms with E-state index in [9.17, 15) is 4.79 Å². The van der Waals surface area contributed by atoms with E-state index >= 15 is 0 Å². The molecule has 1 heterocycles. The predicted octanol–water partition coefficient (Wildman–Crippen LogP) is 2.42. The first-order valence-corrected chi connectivity index (χ1v) is 6.57. The number of primary amides is 1. The van der Waals surface area contributed by atoms with Crippen molar-refractivity contribution in [3.05, 3.63) is 23.9 Å². The van der Waals surface area contributed by atoms with Gasteiger partial charge in [-0.15, -0.1) is 0 Å². The highest BCUT2D eigenvalue weighted by Crippen LogP contribution is 2.30. The van der Waals surface area contributed by atoms with Gasteiger partial charge in [0, 0.05) is 12.2 Å². The second kappa shape index (κ2) is 5.38. The summed E-state index contributed by atoms with van der Waals surface area (Å²) in [5.74, 6) is 1.62. The van der Waals surface area contributed by atoms with Crippen molar-refractivity contribution in [2.45, 2.75) is 39.2 Å². The number of nitrogens with zero attached hydrogens (tertiary/aromatic N) is 1. The van der Waals surface area contributed by atoms with E-state index < -0.39 is 5.91 Å². The van der Waals surface area contributed by atoms with Crippen LogP contribution in [0.2, 0.25) is 0 Å². The molecule has 1 aromatic heterocycles. The van der Waals surface area contributed by atoms with E-state index in [0.717, 1.165) is 12.8 Å². The lowest BCUT2D eigenvalue weighted by atomic mass is 9.80. The number of anilines is 1. The smallest absolute Gasteiger partial charge is 0.252 e. The monoisotopic (exact) mass is 247 g/mol. The second-order valence-electron chi connectivity index (χ2n) is 5.52. The first-order chi connectivity index (χ1) is 8.56. The SMILES string of the molecule is CC1CC(C)CC(Nc2ncccc2C(N)=O)C1. The molecular weight excluding hydrogens is 226 g/mol. The van der Waals surface area contributed by atoms with E-state index in [1.54, 1.807) is 18.3 Å². The summed E-state index contributed by atoms with van der Waals surface area (Å²) in [6.07, 6.45) is 5.21. The summed E-state index contributed by atoms with van der Waals surface area (Å²) in [5, 5.41) is 3.38. The number of nitrogens with two attached hydrogens (primary N) is 1. The molecule has 1 aromatic rings. The van der Waals surface area contributed by atoms with Gasteiger partial charge in [0.1, 0.15) is 5.82 Å². The molecule has 98 valence electrons. The van der Waals surface area contributed by atoms with Crippen molar-refractivity contribution >= 4 is 11.7 Å². The molecule has 1 aliphatic rings. The van der Waals surface area contributed by atoms with E-state index in [4.69, 9.17) is 5.73 Å². The van der Waals surface area contributed by atoms with Crippen molar-refractivity contribution < 1.29 is 4.79 Å². The standard InChI is InChI=1S/C14H21N3O/c1-9-6-10(2)8-11(7-9)17-14-12(13(15)18)4-3-5-16-14/h3-5,9-11H,6-8H2,1-2H3,(H2,15,18)(H,16,17). The van der Waals surface area contributed by atoms with Crippen LogP contribution in [0, 0.1) is 11.8 Å². The van der Waals surface area contributed by atoms with Crippen molar-refractivity contribution in [3.8, 4) is 0 Å². The summed E-state index contributed by atoms with van der Waals surface area (Å²) < 4.78 is 0. The van der Waals surface area contributed by atoms with Crippen molar-refractivity contribution in [2.75, 3.05) is 5.32 Å². The lowest BCUT2D eigenvalue weighted by Crippen LogP contribution is -2.31. The third-order valence-electron chi connectivity index (χ3n) is 3.59. The van der Waals surface area contributed by atoms with Crippen LogP contribution >= 0.6 is 0 Å². The number of carbonyl (C=O) groups is 1. The zero-order valence-corrected chi connectivity index (χ0v) is 11.0. The highest BCUT2D eigenvalue weighted by molar-refractivity contribution is 5.97. The Balaban J connectivity index is 2.11. The van der Waals surface area contributed by atoms with E-state index in [-0.39, 0.29) is 0 Å². The molecule has 1 aliphatic carbocycles. The second-order valence-corrected chi connectivity index (χ2v) is 5.52. The Morgan fingerprint density at radius 3 is 2.61 bits per heavy atom. The van der Waals surface area contributed by atoms with Gasteiger partial charge >= 0.3 is 0 Å². The zero-order chi connectivity index (χ0) is 13.1. The Morgan fingerprint density at radius 2 is 2.00 bits per heavy atom. The molecule has 4 heteroatoms. The van der Waals surface area contributed by atoms with Crippen LogP contribution in [0.3, 0.4) is 0 Å². The molecule has 2 atom stereocenters. The molecule has 0 aromatic carbocycles. The molecule has 2 rings (SSSR count). The Hall–Kier alpha value is -1.58. The summed E-state index contributed by atoms with van der Waals surface area (Å²) in [6, 6.07) is 3.84. The van der Waals surface area contributed by atoms with Gasteiger partial charge in [0.05, 0.1) is 5.56 Å². The minimum Gasteiger partial charge on any atom is -0.367 e. The molecule has 3 N–H and O–H groups in total. The number of rotatable bonds is 3. The third kappa shape index (κ3) is 3.00. The molecule has 0 bridgehead atoms. The number of hydrogen-bond donors (Lipinski definition) is 2. The van der Waals surface area contributed by atoms with E-state index in [1.165, 1.54) is 6.42 Å². The summed E-state index contributed by atoms with van der Waals surface area (Å²) in [6.45, 7) is 4.55. The van der Waals surface area contributed by atoms with Gasteiger partial charge in [-0.2, -0.15) is 0 Å². The Kier molecular flexibility index (Phi) is 3.84. The molecular formula is C14H21N3O. The molecule has 0 aliphatic heterocycles. The van der Waals surface area contributed by atoms with Crippen LogP contribution in [0.15, 0.2) is 18.3 Å². The minimum atomic E-state index is -0.428. The first-order valence-electron chi connectivity index (χ1n) is 6.57. The van der Waals surface area contributed by atoms with Gasteiger partial charge < -0.3 is 11.1 Å². The molecule has 4 nitrogen and oxygen atoms in total. The van der Waals surface area contributed by atoms with Gasteiger partial charge in [0.25, 0.3) is 5.91 Å². The maximum absolute atomic E-state index is 11.3. The number of carbonyl (C=O) groups excluding carboxylic acids is 1. The first kappa shape index (κ1) is 12.9. The van der Waals surface area contributed by atoms with Crippen molar-refractivity contribution in [1.29, 1.82) is 0 Å². The van der Waals surface area contributed by atoms with E-state index in [1.807, 2.05) is 0 Å².